The molecule has 1 amide bonds. The predicted molar refractivity (Wildman–Crippen MR) is 112 cm³/mol. The SMILES string of the molecule is CC(=O)c1ccc(N2CCN(CC(=O)Nc3ccc(Cl)cc3[N+](=O)[O-])CC2)cc1. The Morgan fingerprint density at radius 1 is 1.10 bits per heavy atom. The highest BCUT2D eigenvalue weighted by molar-refractivity contribution is 6.31. The van der Waals surface area contributed by atoms with Crippen LogP contribution in [-0.2, 0) is 4.79 Å². The number of amides is 1. The van der Waals surface area contributed by atoms with Crippen molar-refractivity contribution in [2.24, 2.45) is 0 Å². The van der Waals surface area contributed by atoms with Crippen molar-refractivity contribution in [1.29, 1.82) is 0 Å². The molecule has 1 aliphatic heterocycles. The van der Waals surface area contributed by atoms with Crippen LogP contribution >= 0.6 is 11.6 Å². The quantitative estimate of drug-likeness (QED) is 0.441. The molecule has 2 aromatic rings. The molecule has 0 aromatic heterocycles. The number of carbonyl (C=O) groups excluding carboxylic acids is 2. The summed E-state index contributed by atoms with van der Waals surface area (Å²) in [7, 11) is 0. The summed E-state index contributed by atoms with van der Waals surface area (Å²) in [5, 5.41) is 14.0. The average molecular weight is 417 g/mol. The van der Waals surface area contributed by atoms with E-state index in [2.05, 4.69) is 10.2 Å². The molecule has 0 radical (unpaired) electrons. The number of nitrogens with zero attached hydrogens (tertiary/aromatic N) is 3. The third-order valence-electron chi connectivity index (χ3n) is 4.81. The first-order chi connectivity index (χ1) is 13.8. The van der Waals surface area contributed by atoms with Gasteiger partial charge in [-0.3, -0.25) is 24.6 Å². The van der Waals surface area contributed by atoms with Crippen LogP contribution in [0.5, 0.6) is 0 Å². The highest BCUT2D eigenvalue weighted by atomic mass is 35.5. The van der Waals surface area contributed by atoms with Crippen LogP contribution in [0.25, 0.3) is 0 Å². The van der Waals surface area contributed by atoms with E-state index < -0.39 is 4.92 Å². The van der Waals surface area contributed by atoms with Crippen LogP contribution in [0.4, 0.5) is 17.1 Å². The fourth-order valence-electron chi connectivity index (χ4n) is 3.23. The maximum Gasteiger partial charge on any atom is 0.294 e. The molecule has 0 spiro atoms. The summed E-state index contributed by atoms with van der Waals surface area (Å²) in [6, 6.07) is 11.6. The molecule has 0 saturated carbocycles. The summed E-state index contributed by atoms with van der Waals surface area (Å²) in [6.45, 7) is 4.55. The first kappa shape index (κ1) is 20.8. The molecule has 1 heterocycles. The van der Waals surface area contributed by atoms with Gasteiger partial charge in [0, 0.05) is 48.5 Å². The molecular weight excluding hydrogens is 396 g/mol. The Bertz CT molecular complexity index is 925. The third kappa shape index (κ3) is 5.30. The van der Waals surface area contributed by atoms with Gasteiger partial charge in [-0.25, -0.2) is 0 Å². The number of Topliss-reactive ketones (excluding diaryl/α,β-unsaturated/α-hetero) is 1. The van der Waals surface area contributed by atoms with Crippen LogP contribution in [0.2, 0.25) is 5.02 Å². The van der Waals surface area contributed by atoms with Crippen LogP contribution in [0.3, 0.4) is 0 Å². The van der Waals surface area contributed by atoms with E-state index in [0.29, 0.717) is 18.7 Å². The molecule has 8 nitrogen and oxygen atoms in total. The maximum absolute atomic E-state index is 12.3. The number of halogens is 1. The van der Waals surface area contributed by atoms with Crippen molar-refractivity contribution in [1.82, 2.24) is 4.90 Å². The van der Waals surface area contributed by atoms with Crippen LogP contribution < -0.4 is 10.2 Å². The van der Waals surface area contributed by atoms with Gasteiger partial charge >= 0.3 is 0 Å². The second-order valence-corrected chi connectivity index (χ2v) is 7.27. The fourth-order valence-corrected chi connectivity index (χ4v) is 3.39. The summed E-state index contributed by atoms with van der Waals surface area (Å²) in [4.78, 5) is 38.5. The number of piperazine rings is 1. The van der Waals surface area contributed by atoms with Gasteiger partial charge in [-0.1, -0.05) is 11.6 Å². The molecule has 1 fully saturated rings. The lowest BCUT2D eigenvalue weighted by atomic mass is 10.1. The van der Waals surface area contributed by atoms with Gasteiger partial charge in [0.05, 0.1) is 11.5 Å². The van der Waals surface area contributed by atoms with E-state index in [9.17, 15) is 19.7 Å². The van der Waals surface area contributed by atoms with Gasteiger partial charge in [-0.05, 0) is 43.3 Å². The lowest BCUT2D eigenvalue weighted by Gasteiger charge is -2.35. The number of rotatable bonds is 6. The summed E-state index contributed by atoms with van der Waals surface area (Å²) >= 11 is 5.79. The molecule has 0 bridgehead atoms. The molecule has 0 aliphatic carbocycles. The van der Waals surface area contributed by atoms with E-state index in [1.54, 1.807) is 0 Å². The minimum Gasteiger partial charge on any atom is -0.369 e. The van der Waals surface area contributed by atoms with Crippen molar-refractivity contribution in [2.45, 2.75) is 6.92 Å². The van der Waals surface area contributed by atoms with E-state index in [0.717, 1.165) is 18.8 Å². The van der Waals surface area contributed by atoms with Gasteiger partial charge in [-0.2, -0.15) is 0 Å². The van der Waals surface area contributed by atoms with E-state index in [4.69, 9.17) is 11.6 Å². The van der Waals surface area contributed by atoms with E-state index >= 15 is 0 Å². The minimum absolute atomic E-state index is 0.0355. The molecule has 152 valence electrons. The van der Waals surface area contributed by atoms with Crippen molar-refractivity contribution >= 4 is 40.4 Å². The molecule has 1 saturated heterocycles. The molecule has 29 heavy (non-hydrogen) atoms. The van der Waals surface area contributed by atoms with Gasteiger partial charge in [0.1, 0.15) is 5.69 Å². The molecule has 3 rings (SSSR count). The fraction of sp³-hybridized carbons (Fsp3) is 0.300. The zero-order chi connectivity index (χ0) is 21.0. The largest absolute Gasteiger partial charge is 0.369 e. The van der Waals surface area contributed by atoms with Gasteiger partial charge < -0.3 is 10.2 Å². The highest BCUT2D eigenvalue weighted by Gasteiger charge is 2.21. The smallest absolute Gasteiger partial charge is 0.294 e. The lowest BCUT2D eigenvalue weighted by Crippen LogP contribution is -2.48. The van der Waals surface area contributed by atoms with Crippen LogP contribution in [0.15, 0.2) is 42.5 Å². The summed E-state index contributed by atoms with van der Waals surface area (Å²) < 4.78 is 0. The number of nitro benzene ring substituents is 1. The monoisotopic (exact) mass is 416 g/mol. The second kappa shape index (κ2) is 9.02. The molecule has 0 atom stereocenters. The van der Waals surface area contributed by atoms with E-state index in [1.165, 1.54) is 25.1 Å². The lowest BCUT2D eigenvalue weighted by molar-refractivity contribution is -0.383. The zero-order valence-electron chi connectivity index (χ0n) is 15.9. The minimum atomic E-state index is -0.572. The standard InChI is InChI=1S/C20H21ClN4O4/c1-14(26)15-2-5-17(6-3-15)24-10-8-23(9-11-24)13-20(27)22-18-7-4-16(21)12-19(18)25(28)29/h2-7,12H,8-11,13H2,1H3,(H,22,27). The third-order valence-corrected chi connectivity index (χ3v) is 5.04. The zero-order valence-corrected chi connectivity index (χ0v) is 16.7. The number of hydrogen-bond donors (Lipinski definition) is 1. The topological polar surface area (TPSA) is 95.8 Å². The van der Waals surface area contributed by atoms with Crippen LogP contribution in [-0.4, -0.2) is 54.2 Å². The summed E-state index contributed by atoms with van der Waals surface area (Å²) in [5.41, 5.74) is 1.62. The first-order valence-electron chi connectivity index (χ1n) is 9.15. The molecular formula is C20H21ClN4O4. The van der Waals surface area contributed by atoms with Crippen molar-refractivity contribution in [3.05, 3.63) is 63.2 Å². The normalized spacial score (nSPS) is 14.5. The van der Waals surface area contributed by atoms with Crippen molar-refractivity contribution in [2.75, 3.05) is 42.9 Å². The Kier molecular flexibility index (Phi) is 6.46. The molecule has 2 aromatic carbocycles. The second-order valence-electron chi connectivity index (χ2n) is 6.83. The summed E-state index contributed by atoms with van der Waals surface area (Å²) in [6.07, 6.45) is 0. The molecule has 9 heteroatoms. The number of benzene rings is 2. The predicted octanol–water partition coefficient (Wildman–Crippen LogP) is 3.21. The first-order valence-corrected chi connectivity index (χ1v) is 9.53. The molecule has 0 unspecified atom stereocenters. The Balaban J connectivity index is 1.54. The number of nitro groups is 1. The van der Waals surface area contributed by atoms with Gasteiger partial charge in [0.25, 0.3) is 5.69 Å². The molecule has 1 N–H and O–H groups in total. The molecule has 1 aliphatic rings. The maximum atomic E-state index is 12.3. The number of hydrogen-bond acceptors (Lipinski definition) is 6. The Morgan fingerprint density at radius 3 is 2.34 bits per heavy atom. The Hall–Kier alpha value is -2.97. The van der Waals surface area contributed by atoms with Crippen LogP contribution in [0.1, 0.15) is 17.3 Å². The number of anilines is 2. The van der Waals surface area contributed by atoms with Crippen LogP contribution in [0, 0.1) is 10.1 Å². The van der Waals surface area contributed by atoms with Gasteiger partial charge in [-0.15, -0.1) is 0 Å². The van der Waals surface area contributed by atoms with Crippen molar-refractivity contribution in [3.8, 4) is 0 Å². The highest BCUT2D eigenvalue weighted by Crippen LogP contribution is 2.27. The Morgan fingerprint density at radius 2 is 1.76 bits per heavy atom. The number of ketones is 1. The Labute approximate surface area is 173 Å². The van der Waals surface area contributed by atoms with Gasteiger partial charge in [0.15, 0.2) is 5.78 Å². The van der Waals surface area contributed by atoms with Gasteiger partial charge in [0.2, 0.25) is 5.91 Å². The van der Waals surface area contributed by atoms with Crippen molar-refractivity contribution < 1.29 is 14.5 Å². The number of nitrogens with one attached hydrogen (secondary N) is 1. The van der Waals surface area contributed by atoms with E-state index in [1.807, 2.05) is 29.2 Å². The average Bonchev–Trinajstić information content (AvgIpc) is 2.70. The van der Waals surface area contributed by atoms with Crippen molar-refractivity contribution in [3.63, 3.8) is 0 Å². The summed E-state index contributed by atoms with van der Waals surface area (Å²) in [5.74, 6) is -0.275. The number of carbonyl (C=O) groups is 2. The van der Waals surface area contributed by atoms with E-state index in [-0.39, 0.29) is 34.6 Å².